The van der Waals surface area contributed by atoms with E-state index in [4.69, 9.17) is 5.11 Å². The van der Waals surface area contributed by atoms with Crippen molar-refractivity contribution in [2.24, 2.45) is 7.05 Å². The number of nitrogens with zero attached hydrogens (tertiary/aromatic N) is 3. The molecule has 0 aliphatic carbocycles. The van der Waals surface area contributed by atoms with Crippen LogP contribution in [0.5, 0.6) is 0 Å². The van der Waals surface area contributed by atoms with Crippen LogP contribution in [-0.2, 0) is 11.8 Å². The summed E-state index contributed by atoms with van der Waals surface area (Å²) in [6.07, 6.45) is 2.65. The quantitative estimate of drug-likeness (QED) is 0.684. The Morgan fingerprint density at radius 2 is 2.12 bits per heavy atom. The van der Waals surface area contributed by atoms with E-state index in [0.29, 0.717) is 10.6 Å². The van der Waals surface area contributed by atoms with Crippen LogP contribution in [0.2, 0.25) is 0 Å². The summed E-state index contributed by atoms with van der Waals surface area (Å²) in [5, 5.41) is 12.6. The largest absolute Gasteiger partial charge is 0.478 e. The minimum atomic E-state index is -1.04. The zero-order chi connectivity index (χ0) is 12.7. The molecule has 0 aliphatic rings. The lowest BCUT2D eigenvalue weighted by molar-refractivity contribution is -0.132. The fourth-order valence-electron chi connectivity index (χ4n) is 0.837. The summed E-state index contributed by atoms with van der Waals surface area (Å²) in [5.74, 6) is -0.590. The van der Waals surface area contributed by atoms with Crippen molar-refractivity contribution in [2.75, 3.05) is 0 Å². The van der Waals surface area contributed by atoms with Gasteiger partial charge in [0.1, 0.15) is 0 Å². The van der Waals surface area contributed by atoms with Gasteiger partial charge >= 0.3 is 5.97 Å². The molecular weight excluding hydrogens is 274 g/mol. The normalized spacial score (nSPS) is 10.4. The predicted octanol–water partition coefficient (Wildman–Crippen LogP) is 2.26. The summed E-state index contributed by atoms with van der Waals surface area (Å²) in [6, 6.07) is 0. The number of halogens is 1. The highest BCUT2D eigenvalue weighted by Crippen LogP contribution is 2.08. The van der Waals surface area contributed by atoms with Gasteiger partial charge in [-0.05, 0) is 22.0 Å². The number of carbonyl (C=O) groups is 1. The third kappa shape index (κ3) is 3.98. The van der Waals surface area contributed by atoms with Gasteiger partial charge in [-0.2, -0.15) is 0 Å². The van der Waals surface area contributed by atoms with E-state index in [9.17, 15) is 4.79 Å². The Bertz CT molecular complexity index is 410. The zero-order valence-corrected chi connectivity index (χ0v) is 11.0. The molecule has 0 saturated heterocycles. The topological polar surface area (TPSA) is 68.0 Å². The van der Waals surface area contributed by atoms with Crippen molar-refractivity contribution in [3.63, 3.8) is 0 Å². The Morgan fingerprint density at radius 3 is 2.44 bits per heavy atom. The number of rotatable bonds is 3. The Kier molecular flexibility index (Phi) is 6.32. The second-order valence-corrected chi connectivity index (χ2v) is 3.18. The summed E-state index contributed by atoms with van der Waals surface area (Å²) in [7, 11) is 1.67. The minimum absolute atomic E-state index is 0.0769. The van der Waals surface area contributed by atoms with Crippen molar-refractivity contribution in [3.8, 4) is 0 Å². The fraction of sp³-hybridized carbons (Fsp3) is 0.300. The Balaban J connectivity index is 0.00000106. The summed E-state index contributed by atoms with van der Waals surface area (Å²) >= 11 is 3.09. The van der Waals surface area contributed by atoms with E-state index in [1.165, 1.54) is 16.8 Å². The van der Waals surface area contributed by atoms with E-state index in [1.807, 2.05) is 13.8 Å². The minimum Gasteiger partial charge on any atom is -0.478 e. The van der Waals surface area contributed by atoms with Gasteiger partial charge in [0.25, 0.3) is 0 Å². The molecule has 0 aromatic carbocycles. The van der Waals surface area contributed by atoms with E-state index >= 15 is 0 Å². The van der Waals surface area contributed by atoms with Gasteiger partial charge < -0.3 is 5.11 Å². The maximum absolute atomic E-state index is 10.6. The molecule has 0 amide bonds. The van der Waals surface area contributed by atoms with Gasteiger partial charge in [-0.15, -0.1) is 5.10 Å². The number of aryl methyl sites for hydroxylation is 1. The third-order valence-corrected chi connectivity index (χ3v) is 1.86. The van der Waals surface area contributed by atoms with Gasteiger partial charge in [-0.3, -0.25) is 0 Å². The maximum Gasteiger partial charge on any atom is 0.335 e. The van der Waals surface area contributed by atoms with Crippen LogP contribution in [0, 0.1) is 0 Å². The standard InChI is InChI=1S/C8H8BrN3O2.C2H6/c1-3-5(7(13)14)4-6-10-8(9)11-12(6)2;1-2/h3-4H,1H2,2H3,(H,13,14);1-2H3/b5-4+;. The monoisotopic (exact) mass is 287 g/mol. The van der Waals surface area contributed by atoms with Gasteiger partial charge in [-0.1, -0.05) is 26.5 Å². The Morgan fingerprint density at radius 1 is 1.56 bits per heavy atom. The van der Waals surface area contributed by atoms with Gasteiger partial charge in [0.05, 0.1) is 5.57 Å². The van der Waals surface area contributed by atoms with Crippen LogP contribution in [-0.4, -0.2) is 25.8 Å². The van der Waals surface area contributed by atoms with Crippen molar-refractivity contribution < 1.29 is 9.90 Å². The van der Waals surface area contributed by atoms with E-state index in [0.717, 1.165) is 0 Å². The molecule has 6 heteroatoms. The SMILES string of the molecule is C=C/C(=C\c1nc(Br)nn1C)C(=O)O.CC. The van der Waals surface area contributed by atoms with Crippen LogP contribution in [0.25, 0.3) is 6.08 Å². The summed E-state index contributed by atoms with van der Waals surface area (Å²) in [6.45, 7) is 7.40. The van der Waals surface area contributed by atoms with E-state index in [1.54, 1.807) is 7.05 Å². The second kappa shape index (κ2) is 6.95. The molecule has 0 saturated carbocycles. The molecule has 88 valence electrons. The highest BCUT2D eigenvalue weighted by molar-refractivity contribution is 9.10. The number of carboxylic acids is 1. The van der Waals surface area contributed by atoms with Gasteiger partial charge in [0.15, 0.2) is 5.82 Å². The van der Waals surface area contributed by atoms with E-state index in [2.05, 4.69) is 32.6 Å². The number of carboxylic acid groups (broad SMARTS) is 1. The van der Waals surface area contributed by atoms with Gasteiger partial charge in [0.2, 0.25) is 4.73 Å². The van der Waals surface area contributed by atoms with E-state index in [-0.39, 0.29) is 5.57 Å². The second-order valence-electron chi connectivity index (χ2n) is 2.47. The third-order valence-electron chi connectivity index (χ3n) is 1.52. The van der Waals surface area contributed by atoms with Crippen LogP contribution < -0.4 is 0 Å². The molecule has 5 nitrogen and oxygen atoms in total. The first-order valence-corrected chi connectivity index (χ1v) is 5.48. The molecule has 1 aromatic heterocycles. The molecule has 16 heavy (non-hydrogen) atoms. The number of hydrogen-bond acceptors (Lipinski definition) is 3. The molecule has 0 spiro atoms. The first-order valence-electron chi connectivity index (χ1n) is 4.68. The molecule has 0 unspecified atom stereocenters. The molecule has 0 aliphatic heterocycles. The molecule has 1 N–H and O–H groups in total. The molecule has 1 rings (SSSR count). The summed E-state index contributed by atoms with van der Waals surface area (Å²) in [4.78, 5) is 14.6. The predicted molar refractivity (Wildman–Crippen MR) is 65.9 cm³/mol. The lowest BCUT2D eigenvalue weighted by Crippen LogP contribution is -2.00. The highest BCUT2D eigenvalue weighted by atomic mass is 79.9. The van der Waals surface area contributed by atoms with Crippen LogP contribution in [0.1, 0.15) is 19.7 Å². The van der Waals surface area contributed by atoms with Gasteiger partial charge in [0, 0.05) is 7.05 Å². The summed E-state index contributed by atoms with van der Waals surface area (Å²) in [5.41, 5.74) is 0.0769. The first kappa shape index (κ1) is 14.6. The zero-order valence-electron chi connectivity index (χ0n) is 9.44. The van der Waals surface area contributed by atoms with Crippen LogP contribution in [0.15, 0.2) is 23.0 Å². The van der Waals surface area contributed by atoms with Crippen LogP contribution in [0.4, 0.5) is 0 Å². The average Bonchev–Trinajstić information content (AvgIpc) is 2.56. The van der Waals surface area contributed by atoms with Crippen LogP contribution >= 0.6 is 15.9 Å². The molecule has 1 heterocycles. The smallest absolute Gasteiger partial charge is 0.335 e. The van der Waals surface area contributed by atoms with E-state index < -0.39 is 5.97 Å². The van der Waals surface area contributed by atoms with Crippen molar-refractivity contribution >= 4 is 28.0 Å². The number of hydrogen-bond donors (Lipinski definition) is 1. The van der Waals surface area contributed by atoms with Crippen molar-refractivity contribution in [1.29, 1.82) is 0 Å². The Hall–Kier alpha value is -1.43. The molecule has 0 fully saturated rings. The van der Waals surface area contributed by atoms with Gasteiger partial charge in [-0.25, -0.2) is 14.5 Å². The van der Waals surface area contributed by atoms with Crippen molar-refractivity contribution in [2.45, 2.75) is 13.8 Å². The molecule has 0 atom stereocenters. The average molecular weight is 288 g/mol. The summed E-state index contributed by atoms with van der Waals surface area (Å²) < 4.78 is 1.89. The Labute approximate surface area is 103 Å². The lowest BCUT2D eigenvalue weighted by Gasteiger charge is -1.94. The number of aromatic nitrogens is 3. The fourth-order valence-corrected chi connectivity index (χ4v) is 1.26. The molecular formula is C10H14BrN3O2. The lowest BCUT2D eigenvalue weighted by atomic mass is 10.2. The highest BCUT2D eigenvalue weighted by Gasteiger charge is 2.06. The van der Waals surface area contributed by atoms with Crippen LogP contribution in [0.3, 0.4) is 0 Å². The first-order chi connectivity index (χ1) is 7.54. The molecule has 0 bridgehead atoms. The van der Waals surface area contributed by atoms with Crippen molar-refractivity contribution in [3.05, 3.63) is 28.8 Å². The molecule has 0 radical (unpaired) electrons. The maximum atomic E-state index is 10.6. The van der Waals surface area contributed by atoms with Crippen molar-refractivity contribution in [1.82, 2.24) is 14.8 Å². The molecule has 1 aromatic rings. The number of aliphatic carboxylic acids is 1.